The number of pyridine rings is 1. The monoisotopic (exact) mass is 311 g/mol. The van der Waals surface area contributed by atoms with Crippen LogP contribution < -0.4 is 15.4 Å². The number of anilines is 1. The van der Waals surface area contributed by atoms with E-state index < -0.39 is 0 Å². The minimum absolute atomic E-state index is 0.116. The van der Waals surface area contributed by atoms with Gasteiger partial charge in [-0.2, -0.15) is 0 Å². The smallest absolute Gasteiger partial charge is 0.257 e. The molecule has 1 fully saturated rings. The van der Waals surface area contributed by atoms with E-state index in [9.17, 15) is 9.59 Å². The molecule has 6 heteroatoms. The summed E-state index contributed by atoms with van der Waals surface area (Å²) in [6.07, 6.45) is 3.51. The number of methoxy groups -OCH3 is 1. The van der Waals surface area contributed by atoms with Gasteiger partial charge >= 0.3 is 0 Å². The highest BCUT2D eigenvalue weighted by Gasteiger charge is 2.23. The van der Waals surface area contributed by atoms with Crippen LogP contribution in [0.15, 0.2) is 42.6 Å². The van der Waals surface area contributed by atoms with E-state index in [2.05, 4.69) is 15.6 Å². The molecule has 1 aliphatic rings. The Kier molecular flexibility index (Phi) is 4.23. The lowest BCUT2D eigenvalue weighted by Gasteiger charge is -2.08. The summed E-state index contributed by atoms with van der Waals surface area (Å²) in [6, 6.07) is 10.4. The van der Waals surface area contributed by atoms with Crippen LogP contribution in [0.25, 0.3) is 0 Å². The number of nitrogens with one attached hydrogen (secondary N) is 2. The Morgan fingerprint density at radius 3 is 2.61 bits per heavy atom. The topological polar surface area (TPSA) is 80.3 Å². The molecule has 3 rings (SSSR count). The summed E-state index contributed by atoms with van der Waals surface area (Å²) < 4.78 is 4.96. The molecule has 2 N–H and O–H groups in total. The van der Waals surface area contributed by atoms with E-state index in [0.717, 1.165) is 12.8 Å². The van der Waals surface area contributed by atoms with Crippen LogP contribution in [0.5, 0.6) is 5.88 Å². The number of nitrogens with zero attached hydrogens (tertiary/aromatic N) is 1. The van der Waals surface area contributed by atoms with Gasteiger partial charge in [-0.15, -0.1) is 0 Å². The van der Waals surface area contributed by atoms with Gasteiger partial charge in [-0.25, -0.2) is 4.98 Å². The van der Waals surface area contributed by atoms with Crippen molar-refractivity contribution in [3.63, 3.8) is 0 Å². The summed E-state index contributed by atoms with van der Waals surface area (Å²) in [5.41, 5.74) is 1.51. The first-order valence-electron chi connectivity index (χ1n) is 7.38. The number of aromatic nitrogens is 1. The van der Waals surface area contributed by atoms with Gasteiger partial charge < -0.3 is 15.4 Å². The molecule has 1 aromatic carbocycles. The Hall–Kier alpha value is -2.89. The average molecular weight is 311 g/mol. The third-order valence-corrected chi connectivity index (χ3v) is 3.50. The molecule has 1 aliphatic carbocycles. The molecule has 0 aliphatic heterocycles. The van der Waals surface area contributed by atoms with Crippen molar-refractivity contribution in [2.45, 2.75) is 18.9 Å². The van der Waals surface area contributed by atoms with Crippen LogP contribution in [-0.2, 0) is 0 Å². The van der Waals surface area contributed by atoms with E-state index in [0.29, 0.717) is 28.7 Å². The number of ether oxygens (including phenoxy) is 1. The molecule has 0 saturated heterocycles. The highest BCUT2D eigenvalue weighted by molar-refractivity contribution is 6.05. The van der Waals surface area contributed by atoms with Crippen molar-refractivity contribution in [3.05, 3.63) is 53.7 Å². The van der Waals surface area contributed by atoms with Crippen LogP contribution in [0.4, 0.5) is 5.69 Å². The normalized spacial score (nSPS) is 13.3. The largest absolute Gasteiger partial charge is 0.481 e. The van der Waals surface area contributed by atoms with E-state index >= 15 is 0 Å². The number of benzene rings is 1. The zero-order chi connectivity index (χ0) is 16.2. The first-order valence-corrected chi connectivity index (χ1v) is 7.38. The third kappa shape index (κ3) is 3.85. The van der Waals surface area contributed by atoms with E-state index in [1.807, 2.05) is 0 Å². The van der Waals surface area contributed by atoms with Crippen LogP contribution in [0, 0.1) is 0 Å². The van der Waals surface area contributed by atoms with E-state index in [1.165, 1.54) is 13.3 Å². The maximum Gasteiger partial charge on any atom is 0.257 e. The Balaban J connectivity index is 1.68. The van der Waals surface area contributed by atoms with Gasteiger partial charge in [-0.1, -0.05) is 6.07 Å². The fourth-order valence-corrected chi connectivity index (χ4v) is 2.07. The first kappa shape index (κ1) is 15.0. The zero-order valence-electron chi connectivity index (χ0n) is 12.7. The standard InChI is InChI=1S/C17H17N3O3/c1-23-15-8-5-12(10-18-15)17(22)20-14-4-2-3-11(9-14)16(21)19-13-6-7-13/h2-5,8-10,13H,6-7H2,1H3,(H,19,21)(H,20,22). The first-order chi connectivity index (χ1) is 11.2. The lowest BCUT2D eigenvalue weighted by Crippen LogP contribution is -2.25. The highest BCUT2D eigenvalue weighted by atomic mass is 16.5. The molecule has 2 aromatic rings. The minimum atomic E-state index is -0.292. The molecule has 0 radical (unpaired) electrons. The lowest BCUT2D eigenvalue weighted by atomic mass is 10.1. The van der Waals surface area contributed by atoms with Gasteiger partial charge in [0, 0.05) is 29.6 Å². The van der Waals surface area contributed by atoms with Crippen molar-refractivity contribution in [2.75, 3.05) is 12.4 Å². The lowest BCUT2D eigenvalue weighted by molar-refractivity contribution is 0.0949. The van der Waals surface area contributed by atoms with E-state index in [-0.39, 0.29) is 11.8 Å². The number of carbonyl (C=O) groups is 2. The maximum absolute atomic E-state index is 12.2. The Bertz CT molecular complexity index is 724. The molecular formula is C17H17N3O3. The second-order valence-corrected chi connectivity index (χ2v) is 5.37. The quantitative estimate of drug-likeness (QED) is 0.887. The third-order valence-electron chi connectivity index (χ3n) is 3.50. The van der Waals surface area contributed by atoms with Gasteiger partial charge in [0.15, 0.2) is 0 Å². The van der Waals surface area contributed by atoms with E-state index in [4.69, 9.17) is 4.74 Å². The Labute approximate surface area is 133 Å². The number of amides is 2. The number of rotatable bonds is 5. The van der Waals surface area contributed by atoms with Gasteiger partial charge in [0.25, 0.3) is 11.8 Å². The van der Waals surface area contributed by atoms with E-state index in [1.54, 1.807) is 36.4 Å². The summed E-state index contributed by atoms with van der Waals surface area (Å²) in [7, 11) is 1.51. The molecule has 118 valence electrons. The fourth-order valence-electron chi connectivity index (χ4n) is 2.07. The molecule has 0 unspecified atom stereocenters. The molecule has 0 spiro atoms. The van der Waals surface area contributed by atoms with Crippen LogP contribution in [0.2, 0.25) is 0 Å². The highest BCUT2D eigenvalue weighted by Crippen LogP contribution is 2.20. The van der Waals surface area contributed by atoms with Crippen molar-refractivity contribution in [3.8, 4) is 5.88 Å². The molecule has 0 bridgehead atoms. The summed E-state index contributed by atoms with van der Waals surface area (Å²) in [4.78, 5) is 28.2. The Morgan fingerprint density at radius 2 is 1.96 bits per heavy atom. The second-order valence-electron chi connectivity index (χ2n) is 5.37. The maximum atomic E-state index is 12.2. The predicted octanol–water partition coefficient (Wildman–Crippen LogP) is 2.23. The molecule has 2 amide bonds. The molecule has 1 saturated carbocycles. The van der Waals surface area contributed by atoms with Crippen molar-refractivity contribution in [2.24, 2.45) is 0 Å². The molecule has 6 nitrogen and oxygen atoms in total. The molecule has 1 heterocycles. The van der Waals surface area contributed by atoms with Gasteiger partial charge in [0.2, 0.25) is 5.88 Å². The Morgan fingerprint density at radius 1 is 1.13 bits per heavy atom. The van der Waals surface area contributed by atoms with Gasteiger partial charge in [-0.05, 0) is 37.1 Å². The number of carbonyl (C=O) groups excluding carboxylic acids is 2. The van der Waals surface area contributed by atoms with Crippen LogP contribution in [0.3, 0.4) is 0 Å². The zero-order valence-corrected chi connectivity index (χ0v) is 12.7. The molecule has 23 heavy (non-hydrogen) atoms. The minimum Gasteiger partial charge on any atom is -0.481 e. The summed E-state index contributed by atoms with van der Waals surface area (Å²) in [5.74, 6) is 0.0370. The van der Waals surface area contributed by atoms with Gasteiger partial charge in [-0.3, -0.25) is 9.59 Å². The van der Waals surface area contributed by atoms with Crippen LogP contribution >= 0.6 is 0 Å². The van der Waals surface area contributed by atoms with Crippen molar-refractivity contribution in [1.82, 2.24) is 10.3 Å². The molecular weight excluding hydrogens is 294 g/mol. The summed E-state index contributed by atoms with van der Waals surface area (Å²) in [6.45, 7) is 0. The van der Waals surface area contributed by atoms with Crippen molar-refractivity contribution >= 4 is 17.5 Å². The molecule has 0 atom stereocenters. The van der Waals surface area contributed by atoms with Crippen molar-refractivity contribution < 1.29 is 14.3 Å². The van der Waals surface area contributed by atoms with Gasteiger partial charge in [0.1, 0.15) is 0 Å². The van der Waals surface area contributed by atoms with Crippen LogP contribution in [-0.4, -0.2) is 29.9 Å². The second kappa shape index (κ2) is 6.48. The average Bonchev–Trinajstić information content (AvgIpc) is 3.39. The summed E-state index contributed by atoms with van der Waals surface area (Å²) >= 11 is 0. The predicted molar refractivity (Wildman–Crippen MR) is 85.7 cm³/mol. The molecule has 1 aromatic heterocycles. The summed E-state index contributed by atoms with van der Waals surface area (Å²) in [5, 5.41) is 5.68. The number of hydrogen-bond donors (Lipinski definition) is 2. The van der Waals surface area contributed by atoms with Gasteiger partial charge in [0.05, 0.1) is 12.7 Å². The van der Waals surface area contributed by atoms with Crippen LogP contribution in [0.1, 0.15) is 33.6 Å². The fraction of sp³-hybridized carbons (Fsp3) is 0.235. The SMILES string of the molecule is COc1ccc(C(=O)Nc2cccc(C(=O)NC3CC3)c2)cn1. The van der Waals surface area contributed by atoms with Crippen molar-refractivity contribution in [1.29, 1.82) is 0 Å². The number of hydrogen-bond acceptors (Lipinski definition) is 4.